The van der Waals surface area contributed by atoms with Gasteiger partial charge in [0.2, 0.25) is 0 Å². The average molecular weight is 225 g/mol. The van der Waals surface area contributed by atoms with Gasteiger partial charge in [-0.25, -0.2) is 4.98 Å². The summed E-state index contributed by atoms with van der Waals surface area (Å²) < 4.78 is 1.55. The molecule has 0 fully saturated rings. The first kappa shape index (κ1) is 9.92. The van der Waals surface area contributed by atoms with Crippen LogP contribution in [0.1, 0.15) is 16.1 Å². The maximum absolute atomic E-state index is 10.7. The molecule has 0 atom stereocenters. The molecular weight excluding hydrogens is 218 g/mol. The van der Waals surface area contributed by atoms with E-state index in [9.17, 15) is 9.90 Å². The van der Waals surface area contributed by atoms with Gasteiger partial charge in [0.25, 0.3) is 0 Å². The number of nitrogens with zero attached hydrogens (tertiary/aromatic N) is 3. The predicted octanol–water partition coefficient (Wildman–Crippen LogP) is 0.294. The number of carboxylic acid groups (broad SMARTS) is 1. The molecule has 0 aliphatic rings. The minimum absolute atomic E-state index is 0.111. The van der Waals surface area contributed by atoms with Crippen LogP contribution >= 0.6 is 11.6 Å². The molecule has 2 aromatic rings. The van der Waals surface area contributed by atoms with E-state index in [1.54, 1.807) is 18.7 Å². The Bertz CT molecular complexity index is 562. The molecule has 15 heavy (non-hydrogen) atoms. The summed E-state index contributed by atoms with van der Waals surface area (Å²) in [5.74, 6) is -1.34. The number of aryl methyl sites for hydroxylation is 2. The van der Waals surface area contributed by atoms with Crippen molar-refractivity contribution in [2.24, 2.45) is 7.05 Å². The van der Waals surface area contributed by atoms with Gasteiger partial charge in [-0.05, 0) is 6.92 Å². The molecule has 0 spiro atoms. The summed E-state index contributed by atoms with van der Waals surface area (Å²) in [7, 11) is 1.72. The van der Waals surface area contributed by atoms with Gasteiger partial charge in [-0.1, -0.05) is 11.6 Å². The molecule has 0 N–H and O–H groups in total. The van der Waals surface area contributed by atoms with E-state index < -0.39 is 5.97 Å². The molecule has 0 amide bonds. The van der Waals surface area contributed by atoms with Crippen LogP contribution in [-0.4, -0.2) is 20.7 Å². The van der Waals surface area contributed by atoms with Crippen LogP contribution < -0.4 is 5.11 Å². The standard InChI is InChI=1S/C9H8ClN3O2/c1-4-6-7(10)5(9(14)15)3-11-8(6)13(2)12-4/h3H,1-2H3,(H,14,15)/p-1. The molecule has 5 nitrogen and oxygen atoms in total. The lowest BCUT2D eigenvalue weighted by Crippen LogP contribution is -2.22. The van der Waals surface area contributed by atoms with E-state index in [2.05, 4.69) is 10.1 Å². The van der Waals surface area contributed by atoms with Crippen LogP contribution in [0.2, 0.25) is 5.02 Å². The summed E-state index contributed by atoms with van der Waals surface area (Å²) in [5, 5.41) is 15.5. The number of aromatic carboxylic acids is 1. The molecule has 0 unspecified atom stereocenters. The summed E-state index contributed by atoms with van der Waals surface area (Å²) in [4.78, 5) is 14.7. The molecule has 0 aliphatic carbocycles. The van der Waals surface area contributed by atoms with Gasteiger partial charge in [0.1, 0.15) is 0 Å². The van der Waals surface area contributed by atoms with E-state index in [-0.39, 0.29) is 10.6 Å². The number of halogens is 1. The average Bonchev–Trinajstić information content (AvgIpc) is 2.43. The Kier molecular flexibility index (Phi) is 2.12. The second kappa shape index (κ2) is 3.20. The van der Waals surface area contributed by atoms with Crippen molar-refractivity contribution in [1.82, 2.24) is 14.8 Å². The van der Waals surface area contributed by atoms with Crippen molar-refractivity contribution in [3.05, 3.63) is 22.5 Å². The maximum Gasteiger partial charge on any atom is 0.159 e. The lowest BCUT2D eigenvalue weighted by Gasteiger charge is -2.05. The van der Waals surface area contributed by atoms with Crippen molar-refractivity contribution in [2.75, 3.05) is 0 Å². The molecule has 2 rings (SSSR count). The second-order valence-electron chi connectivity index (χ2n) is 3.18. The number of carboxylic acids is 1. The summed E-state index contributed by atoms with van der Waals surface area (Å²) in [6, 6.07) is 0. The number of fused-ring (bicyclic) bond motifs is 1. The van der Waals surface area contributed by atoms with Gasteiger partial charge in [-0.15, -0.1) is 0 Å². The van der Waals surface area contributed by atoms with E-state index >= 15 is 0 Å². The quantitative estimate of drug-likeness (QED) is 0.698. The van der Waals surface area contributed by atoms with Crippen LogP contribution in [0.15, 0.2) is 6.20 Å². The molecule has 0 radical (unpaired) electrons. The van der Waals surface area contributed by atoms with Crippen LogP contribution in [0, 0.1) is 6.92 Å². The SMILES string of the molecule is Cc1nn(C)c2ncc(C(=O)[O-])c(Cl)c12. The second-order valence-corrected chi connectivity index (χ2v) is 3.56. The number of carbonyl (C=O) groups is 1. The number of carbonyl (C=O) groups excluding carboxylic acids is 1. The van der Waals surface area contributed by atoms with E-state index in [4.69, 9.17) is 11.6 Å². The minimum Gasteiger partial charge on any atom is -0.545 e. The Balaban J connectivity index is 2.89. The summed E-state index contributed by atoms with van der Waals surface area (Å²) in [6.45, 7) is 1.74. The summed E-state index contributed by atoms with van der Waals surface area (Å²) in [5.41, 5.74) is 1.09. The fraction of sp³-hybridized carbons (Fsp3) is 0.222. The van der Waals surface area contributed by atoms with Gasteiger partial charge in [0.05, 0.1) is 22.1 Å². The molecule has 0 bridgehead atoms. The summed E-state index contributed by atoms with van der Waals surface area (Å²) >= 11 is 5.94. The number of rotatable bonds is 1. The lowest BCUT2D eigenvalue weighted by molar-refractivity contribution is -0.255. The number of hydrogen-bond donors (Lipinski definition) is 0. The fourth-order valence-electron chi connectivity index (χ4n) is 1.51. The highest BCUT2D eigenvalue weighted by atomic mass is 35.5. The largest absolute Gasteiger partial charge is 0.545 e. The maximum atomic E-state index is 10.7. The highest BCUT2D eigenvalue weighted by Crippen LogP contribution is 2.27. The zero-order chi connectivity index (χ0) is 11.2. The number of pyridine rings is 1. The molecule has 0 saturated carbocycles. The van der Waals surface area contributed by atoms with E-state index in [0.29, 0.717) is 16.7 Å². The Hall–Kier alpha value is -1.62. The predicted molar refractivity (Wildman–Crippen MR) is 52.6 cm³/mol. The molecule has 2 heterocycles. The van der Waals surface area contributed by atoms with Crippen LogP contribution in [0.25, 0.3) is 11.0 Å². The normalized spacial score (nSPS) is 10.9. The van der Waals surface area contributed by atoms with Gasteiger partial charge >= 0.3 is 0 Å². The Labute approximate surface area is 90.3 Å². The van der Waals surface area contributed by atoms with Gasteiger partial charge in [-0.2, -0.15) is 5.10 Å². The van der Waals surface area contributed by atoms with Gasteiger partial charge in [-0.3, -0.25) is 4.68 Å². The molecule has 2 aromatic heterocycles. The van der Waals surface area contributed by atoms with Crippen LogP contribution in [0.5, 0.6) is 0 Å². The van der Waals surface area contributed by atoms with Crippen molar-refractivity contribution in [2.45, 2.75) is 6.92 Å². The van der Waals surface area contributed by atoms with E-state index in [1.165, 1.54) is 6.20 Å². The third-order valence-electron chi connectivity index (χ3n) is 2.18. The monoisotopic (exact) mass is 224 g/mol. The molecule has 0 aliphatic heterocycles. The van der Waals surface area contributed by atoms with Crippen molar-refractivity contribution in [3.8, 4) is 0 Å². The third kappa shape index (κ3) is 1.35. The Morgan fingerprint density at radius 1 is 1.60 bits per heavy atom. The highest BCUT2D eigenvalue weighted by molar-refractivity contribution is 6.38. The first-order chi connectivity index (χ1) is 7.02. The first-order valence-electron chi connectivity index (χ1n) is 4.21. The van der Waals surface area contributed by atoms with Gasteiger partial charge in [0, 0.05) is 18.8 Å². The fourth-order valence-corrected chi connectivity index (χ4v) is 1.86. The molecule has 0 saturated heterocycles. The van der Waals surface area contributed by atoms with Crippen molar-refractivity contribution < 1.29 is 9.90 Å². The topological polar surface area (TPSA) is 70.8 Å². The smallest absolute Gasteiger partial charge is 0.159 e. The lowest BCUT2D eigenvalue weighted by atomic mass is 10.2. The third-order valence-corrected chi connectivity index (χ3v) is 2.58. The molecule has 78 valence electrons. The van der Waals surface area contributed by atoms with Crippen LogP contribution in [0.3, 0.4) is 0 Å². The minimum atomic E-state index is -1.34. The van der Waals surface area contributed by atoms with Crippen LogP contribution in [0.4, 0.5) is 0 Å². The molecule has 6 heteroatoms. The van der Waals surface area contributed by atoms with E-state index in [0.717, 1.165) is 0 Å². The van der Waals surface area contributed by atoms with Gasteiger partial charge in [0.15, 0.2) is 5.65 Å². The number of hydrogen-bond acceptors (Lipinski definition) is 4. The Morgan fingerprint density at radius 2 is 2.27 bits per heavy atom. The van der Waals surface area contributed by atoms with Crippen LogP contribution in [-0.2, 0) is 7.05 Å². The zero-order valence-electron chi connectivity index (χ0n) is 8.11. The zero-order valence-corrected chi connectivity index (χ0v) is 8.87. The van der Waals surface area contributed by atoms with Crippen molar-refractivity contribution >= 4 is 28.6 Å². The van der Waals surface area contributed by atoms with Gasteiger partial charge < -0.3 is 9.90 Å². The summed E-state index contributed by atoms with van der Waals surface area (Å²) in [6.07, 6.45) is 1.18. The van der Waals surface area contributed by atoms with E-state index in [1.807, 2.05) is 0 Å². The number of aromatic nitrogens is 3. The molecular formula is C9H7ClN3O2-. The molecule has 0 aromatic carbocycles. The Morgan fingerprint density at radius 3 is 2.87 bits per heavy atom. The van der Waals surface area contributed by atoms with Crippen molar-refractivity contribution in [1.29, 1.82) is 0 Å². The highest BCUT2D eigenvalue weighted by Gasteiger charge is 2.13. The van der Waals surface area contributed by atoms with Crippen molar-refractivity contribution in [3.63, 3.8) is 0 Å². The first-order valence-corrected chi connectivity index (χ1v) is 4.59.